The van der Waals surface area contributed by atoms with Gasteiger partial charge in [0.05, 0.1) is 0 Å². The zero-order chi connectivity index (χ0) is 11.1. The number of benzene rings is 1. The summed E-state index contributed by atoms with van der Waals surface area (Å²) in [6.45, 7) is 2.27. The van der Waals surface area contributed by atoms with Crippen molar-refractivity contribution in [3.8, 4) is 0 Å². The Morgan fingerprint density at radius 2 is 1.67 bits per heavy atom. The molecule has 0 saturated heterocycles. The van der Waals surface area contributed by atoms with E-state index >= 15 is 0 Å². The van der Waals surface area contributed by atoms with E-state index in [4.69, 9.17) is 0 Å². The average molecular weight is 444 g/mol. The number of hydrogen-bond acceptors (Lipinski definition) is 0. The first-order valence-electron chi connectivity index (χ1n) is 5.60. The Kier molecular flexibility index (Phi) is 6.76. The maximum atomic E-state index is 2.72. The molecule has 0 saturated carbocycles. The second-order valence-electron chi connectivity index (χ2n) is 3.88. The summed E-state index contributed by atoms with van der Waals surface area (Å²) in [4.78, 5) is 0. The second-order valence-corrected chi connectivity index (χ2v) is 23.6. The van der Waals surface area contributed by atoms with Crippen LogP contribution >= 0.6 is 43.6 Å². The van der Waals surface area contributed by atoms with Crippen molar-refractivity contribution in [2.45, 2.75) is 38.7 Å². The lowest BCUT2D eigenvalue weighted by molar-refractivity contribution is 0.700. The highest BCUT2D eigenvalue weighted by molar-refractivity contribution is 14.3. The smallest absolute Gasteiger partial charge is 0.0984 e. The quantitative estimate of drug-likeness (QED) is 0.256. The van der Waals surface area contributed by atoms with Gasteiger partial charge in [-0.3, -0.25) is 0 Å². The molecule has 0 N–H and O–H groups in total. The summed E-state index contributed by atoms with van der Waals surface area (Å²) in [5.74, 6) is 0. The molecule has 15 heavy (non-hydrogen) atoms. The summed E-state index contributed by atoms with van der Waals surface area (Å²) in [7, 11) is 0. The lowest BCUT2D eigenvalue weighted by atomic mass is 10.2. The third-order valence-electron chi connectivity index (χ3n) is 2.54. The third-order valence-corrected chi connectivity index (χ3v) is 11.7. The van der Waals surface area contributed by atoms with Gasteiger partial charge in [0.2, 0.25) is 3.07 Å². The van der Waals surface area contributed by atoms with Crippen LogP contribution < -0.4 is 5.19 Å². The summed E-state index contributed by atoms with van der Waals surface area (Å²) < 4.78 is -1.19. The first-order chi connectivity index (χ1) is 7.17. The monoisotopic (exact) mass is 444 g/mol. The Morgan fingerprint density at radius 3 is 2.27 bits per heavy atom. The highest BCUT2D eigenvalue weighted by Gasteiger charge is 2.27. The van der Waals surface area contributed by atoms with Crippen LogP contribution in [-0.4, -0.2) is 3.07 Å². The van der Waals surface area contributed by atoms with Crippen LogP contribution in [0.25, 0.3) is 0 Å². The normalized spacial score (nSPS) is 11.7. The lowest BCUT2D eigenvalue weighted by Crippen LogP contribution is -2.34. The number of rotatable bonds is 6. The van der Waals surface area contributed by atoms with Gasteiger partial charge in [-0.05, 0) is 11.2 Å². The first kappa shape index (κ1) is 14.0. The van der Waals surface area contributed by atoms with Crippen molar-refractivity contribution in [3.63, 3.8) is 0 Å². The molecule has 0 radical (unpaired) electrons. The SMILES string of the molecule is CCCCCC[Si](I)(I)c1ccccc1. The van der Waals surface area contributed by atoms with Crippen LogP contribution in [0.1, 0.15) is 32.6 Å². The van der Waals surface area contributed by atoms with E-state index in [9.17, 15) is 0 Å². The molecule has 1 aromatic rings. The number of unbranched alkanes of at least 4 members (excludes halogenated alkanes) is 3. The Labute approximate surface area is 120 Å². The summed E-state index contributed by atoms with van der Waals surface area (Å²) in [5, 5.41) is 1.59. The number of hydrogen-bond donors (Lipinski definition) is 0. The van der Waals surface area contributed by atoms with E-state index in [0.29, 0.717) is 0 Å². The molecule has 0 heterocycles. The summed E-state index contributed by atoms with van der Waals surface area (Å²) in [6.07, 6.45) is 5.54. The van der Waals surface area contributed by atoms with Crippen LogP contribution in [0.4, 0.5) is 0 Å². The van der Waals surface area contributed by atoms with E-state index in [1.54, 1.807) is 5.19 Å². The molecule has 0 aromatic heterocycles. The van der Waals surface area contributed by atoms with Crippen molar-refractivity contribution in [1.82, 2.24) is 0 Å². The summed E-state index contributed by atoms with van der Waals surface area (Å²) in [6, 6.07) is 12.5. The van der Waals surface area contributed by atoms with Gasteiger partial charge in [0, 0.05) is 0 Å². The van der Waals surface area contributed by atoms with E-state index in [1.165, 1.54) is 31.7 Å². The van der Waals surface area contributed by atoms with Gasteiger partial charge in [-0.25, -0.2) is 0 Å². The van der Waals surface area contributed by atoms with Crippen LogP contribution in [0, 0.1) is 0 Å². The van der Waals surface area contributed by atoms with Crippen LogP contribution in [0.15, 0.2) is 30.3 Å². The summed E-state index contributed by atoms with van der Waals surface area (Å²) in [5.41, 5.74) is 0. The molecule has 0 nitrogen and oxygen atoms in total. The highest BCUT2D eigenvalue weighted by Crippen LogP contribution is 2.28. The van der Waals surface area contributed by atoms with E-state index in [2.05, 4.69) is 80.8 Å². The van der Waals surface area contributed by atoms with Crippen LogP contribution in [-0.2, 0) is 0 Å². The second kappa shape index (κ2) is 7.27. The fraction of sp³-hybridized carbons (Fsp3) is 0.500. The van der Waals surface area contributed by atoms with E-state index < -0.39 is 3.07 Å². The van der Waals surface area contributed by atoms with E-state index in [-0.39, 0.29) is 0 Å². The van der Waals surface area contributed by atoms with E-state index in [0.717, 1.165) is 0 Å². The molecule has 84 valence electrons. The molecule has 0 fully saturated rings. The highest BCUT2D eigenvalue weighted by atomic mass is 127. The van der Waals surface area contributed by atoms with Gasteiger partial charge in [0.15, 0.2) is 0 Å². The maximum Gasteiger partial charge on any atom is 0.221 e. The standard InChI is InChI=1S/C12H18I2Si/c1-2-3-4-8-11-15(13,14)12-9-6-5-7-10-12/h5-7,9-10H,2-4,8,11H2,1H3. The molecule has 0 aliphatic carbocycles. The summed E-state index contributed by atoms with van der Waals surface area (Å²) >= 11 is 5.44. The Bertz CT molecular complexity index is 272. The van der Waals surface area contributed by atoms with Crippen molar-refractivity contribution in [3.05, 3.63) is 30.3 Å². The first-order valence-corrected chi connectivity index (χ1v) is 14.0. The molecule has 0 spiro atoms. The Hall–Kier alpha value is 0.897. The minimum absolute atomic E-state index is 1.19. The zero-order valence-electron chi connectivity index (χ0n) is 9.18. The minimum atomic E-state index is -1.19. The van der Waals surface area contributed by atoms with Crippen LogP contribution in [0.3, 0.4) is 0 Å². The molecule has 0 unspecified atom stereocenters. The van der Waals surface area contributed by atoms with Crippen molar-refractivity contribution in [2.24, 2.45) is 0 Å². The zero-order valence-corrected chi connectivity index (χ0v) is 14.5. The van der Waals surface area contributed by atoms with Crippen molar-refractivity contribution in [2.75, 3.05) is 0 Å². The lowest BCUT2D eigenvalue weighted by Gasteiger charge is -2.18. The molecule has 1 aromatic carbocycles. The Balaban J connectivity index is 2.45. The van der Waals surface area contributed by atoms with Crippen molar-refractivity contribution in [1.29, 1.82) is 0 Å². The third kappa shape index (κ3) is 5.17. The van der Waals surface area contributed by atoms with Gasteiger partial charge in [-0.15, -0.1) is 0 Å². The predicted molar refractivity (Wildman–Crippen MR) is 88.8 cm³/mol. The van der Waals surface area contributed by atoms with Gasteiger partial charge in [0.1, 0.15) is 0 Å². The molecule has 0 aliphatic rings. The van der Waals surface area contributed by atoms with Gasteiger partial charge in [-0.1, -0.05) is 107 Å². The number of halogens is 2. The predicted octanol–water partition coefficient (Wildman–Crippen LogP) is 4.79. The average Bonchev–Trinajstić information content (AvgIpc) is 2.26. The largest absolute Gasteiger partial charge is 0.221 e. The van der Waals surface area contributed by atoms with Crippen LogP contribution in [0.5, 0.6) is 0 Å². The molecular formula is C12H18I2Si. The molecule has 0 atom stereocenters. The van der Waals surface area contributed by atoms with Crippen molar-refractivity contribution >= 4 is 51.8 Å². The molecule has 1 rings (SSSR count). The fourth-order valence-electron chi connectivity index (χ4n) is 1.60. The fourth-order valence-corrected chi connectivity index (χ4v) is 7.71. The maximum absolute atomic E-state index is 2.72. The topological polar surface area (TPSA) is 0 Å². The van der Waals surface area contributed by atoms with Gasteiger partial charge >= 0.3 is 0 Å². The molecule has 3 heteroatoms. The van der Waals surface area contributed by atoms with Crippen molar-refractivity contribution < 1.29 is 0 Å². The molecule has 0 amide bonds. The van der Waals surface area contributed by atoms with Crippen LogP contribution in [0.2, 0.25) is 6.04 Å². The van der Waals surface area contributed by atoms with Gasteiger partial charge in [0.25, 0.3) is 0 Å². The van der Waals surface area contributed by atoms with Gasteiger partial charge in [-0.2, -0.15) is 0 Å². The van der Waals surface area contributed by atoms with Gasteiger partial charge < -0.3 is 0 Å². The van der Waals surface area contributed by atoms with E-state index in [1.807, 2.05) is 0 Å². The molecule has 0 bridgehead atoms. The molecule has 0 aliphatic heterocycles. The minimum Gasteiger partial charge on any atom is -0.0984 e. The Morgan fingerprint density at radius 1 is 1.00 bits per heavy atom. The molecular weight excluding hydrogens is 426 g/mol.